The Hall–Kier alpha value is -1.38. The summed E-state index contributed by atoms with van der Waals surface area (Å²) in [5.41, 5.74) is 0.881. The van der Waals surface area contributed by atoms with Crippen molar-refractivity contribution in [1.82, 2.24) is 0 Å². The average molecular weight is 278 g/mol. The molecule has 3 heteroatoms. The number of benzene rings is 1. The van der Waals surface area contributed by atoms with Gasteiger partial charge in [0.05, 0.1) is 7.11 Å². The number of hydrogen-bond donors (Lipinski definition) is 0. The number of methoxy groups -OCH3 is 1. The summed E-state index contributed by atoms with van der Waals surface area (Å²) in [5, 5.41) is 0. The standard InChI is InChI=1S/C17H23FO2/c1-11(2)13-5-6-16(19)14(10-13)8-12-4-7-17(20-3)15(18)9-12/h4,7,9,11,13-14H,5-6,8,10H2,1-3H3. The maximum Gasteiger partial charge on any atom is 0.165 e. The molecule has 0 N–H and O–H groups in total. The highest BCUT2D eigenvalue weighted by atomic mass is 19.1. The van der Waals surface area contributed by atoms with Crippen LogP contribution in [0.25, 0.3) is 0 Å². The predicted octanol–water partition coefficient (Wildman–Crippen LogP) is 4.02. The van der Waals surface area contributed by atoms with Gasteiger partial charge in [-0.15, -0.1) is 0 Å². The molecule has 0 amide bonds. The third-order valence-electron chi connectivity index (χ3n) is 4.45. The Morgan fingerprint density at radius 1 is 1.40 bits per heavy atom. The second-order valence-electron chi connectivity index (χ2n) is 6.11. The molecule has 0 heterocycles. The molecular weight excluding hydrogens is 255 g/mol. The van der Waals surface area contributed by atoms with Gasteiger partial charge < -0.3 is 4.74 Å². The first-order valence-corrected chi connectivity index (χ1v) is 7.36. The molecule has 1 aromatic rings. The molecule has 0 radical (unpaired) electrons. The van der Waals surface area contributed by atoms with Gasteiger partial charge in [-0.2, -0.15) is 0 Å². The highest BCUT2D eigenvalue weighted by molar-refractivity contribution is 5.82. The van der Waals surface area contributed by atoms with Crippen LogP contribution < -0.4 is 4.74 Å². The van der Waals surface area contributed by atoms with Crippen LogP contribution in [0.5, 0.6) is 5.75 Å². The van der Waals surface area contributed by atoms with Gasteiger partial charge in [0.1, 0.15) is 5.78 Å². The van der Waals surface area contributed by atoms with E-state index in [1.165, 1.54) is 13.2 Å². The zero-order valence-corrected chi connectivity index (χ0v) is 12.5. The maximum atomic E-state index is 13.7. The molecule has 0 aliphatic heterocycles. The molecule has 1 aliphatic carbocycles. The highest BCUT2D eigenvalue weighted by Crippen LogP contribution is 2.33. The molecular formula is C17H23FO2. The minimum atomic E-state index is -0.353. The number of ether oxygens (including phenoxy) is 1. The van der Waals surface area contributed by atoms with E-state index in [1.807, 2.05) is 6.07 Å². The Balaban J connectivity index is 2.07. The van der Waals surface area contributed by atoms with Gasteiger partial charge >= 0.3 is 0 Å². The molecule has 0 saturated heterocycles. The van der Waals surface area contributed by atoms with Crippen molar-refractivity contribution < 1.29 is 13.9 Å². The largest absolute Gasteiger partial charge is 0.494 e. The molecule has 1 fully saturated rings. The molecule has 2 atom stereocenters. The smallest absolute Gasteiger partial charge is 0.165 e. The summed E-state index contributed by atoms with van der Waals surface area (Å²) in [6.07, 6.45) is 3.25. The van der Waals surface area contributed by atoms with E-state index in [1.54, 1.807) is 6.07 Å². The van der Waals surface area contributed by atoms with Gasteiger partial charge in [0.2, 0.25) is 0 Å². The number of carbonyl (C=O) groups excluding carboxylic acids is 1. The van der Waals surface area contributed by atoms with Gasteiger partial charge in [0.15, 0.2) is 11.6 Å². The van der Waals surface area contributed by atoms with Crippen LogP contribution in [0, 0.1) is 23.6 Å². The molecule has 2 rings (SSSR count). The number of Topliss-reactive ketones (excluding diaryl/α,β-unsaturated/α-hetero) is 1. The van der Waals surface area contributed by atoms with Crippen molar-refractivity contribution in [3.63, 3.8) is 0 Å². The van der Waals surface area contributed by atoms with Gasteiger partial charge in [-0.25, -0.2) is 4.39 Å². The molecule has 2 nitrogen and oxygen atoms in total. The minimum absolute atomic E-state index is 0.0453. The van der Waals surface area contributed by atoms with Crippen LogP contribution in [0.2, 0.25) is 0 Å². The van der Waals surface area contributed by atoms with E-state index in [9.17, 15) is 9.18 Å². The highest BCUT2D eigenvalue weighted by Gasteiger charge is 2.30. The molecule has 20 heavy (non-hydrogen) atoms. The van der Waals surface area contributed by atoms with Crippen LogP contribution in [-0.4, -0.2) is 12.9 Å². The number of halogens is 1. The molecule has 0 aromatic heterocycles. The Morgan fingerprint density at radius 2 is 2.15 bits per heavy atom. The fraction of sp³-hybridized carbons (Fsp3) is 0.588. The molecule has 0 bridgehead atoms. The van der Waals surface area contributed by atoms with Crippen molar-refractivity contribution in [3.05, 3.63) is 29.6 Å². The average Bonchev–Trinajstić information content (AvgIpc) is 2.41. The van der Waals surface area contributed by atoms with Crippen LogP contribution in [0.1, 0.15) is 38.7 Å². The Bertz CT molecular complexity index is 482. The summed E-state index contributed by atoms with van der Waals surface area (Å²) in [5.74, 6) is 1.50. The van der Waals surface area contributed by atoms with Crippen LogP contribution in [-0.2, 0) is 11.2 Å². The summed E-state index contributed by atoms with van der Waals surface area (Å²) in [6, 6.07) is 4.98. The van der Waals surface area contributed by atoms with E-state index in [0.717, 1.165) is 18.4 Å². The Kier molecular flexibility index (Phi) is 4.79. The van der Waals surface area contributed by atoms with Gasteiger partial charge in [-0.05, 0) is 48.8 Å². The van der Waals surface area contributed by atoms with Crippen LogP contribution in [0.3, 0.4) is 0 Å². The number of ketones is 1. The van der Waals surface area contributed by atoms with Crippen molar-refractivity contribution in [3.8, 4) is 5.75 Å². The van der Waals surface area contributed by atoms with Crippen molar-refractivity contribution in [1.29, 1.82) is 0 Å². The van der Waals surface area contributed by atoms with E-state index in [-0.39, 0.29) is 17.5 Å². The lowest BCUT2D eigenvalue weighted by Crippen LogP contribution is -2.28. The SMILES string of the molecule is COc1ccc(CC2CC(C(C)C)CCC2=O)cc1F. The maximum absolute atomic E-state index is 13.7. The summed E-state index contributed by atoms with van der Waals surface area (Å²) in [6.45, 7) is 4.43. The van der Waals surface area contributed by atoms with Gasteiger partial charge in [0, 0.05) is 12.3 Å². The number of hydrogen-bond acceptors (Lipinski definition) is 2. The molecule has 1 saturated carbocycles. The molecule has 2 unspecified atom stereocenters. The first kappa shape index (κ1) is 15.0. The Labute approximate surface area is 120 Å². The van der Waals surface area contributed by atoms with Gasteiger partial charge in [-0.3, -0.25) is 4.79 Å². The summed E-state index contributed by atoms with van der Waals surface area (Å²) >= 11 is 0. The lowest BCUT2D eigenvalue weighted by Gasteiger charge is -2.30. The van der Waals surface area contributed by atoms with Crippen molar-refractivity contribution in [2.45, 2.75) is 39.5 Å². The molecule has 0 spiro atoms. The summed E-state index contributed by atoms with van der Waals surface area (Å²) in [4.78, 5) is 12.1. The minimum Gasteiger partial charge on any atom is -0.494 e. The predicted molar refractivity (Wildman–Crippen MR) is 77.3 cm³/mol. The summed E-state index contributed by atoms with van der Waals surface area (Å²) in [7, 11) is 1.45. The monoisotopic (exact) mass is 278 g/mol. The van der Waals surface area contributed by atoms with E-state index < -0.39 is 0 Å². The quantitative estimate of drug-likeness (QED) is 0.831. The fourth-order valence-electron chi connectivity index (χ4n) is 3.07. The lowest BCUT2D eigenvalue weighted by atomic mass is 9.73. The molecule has 1 aromatic carbocycles. The van der Waals surface area contributed by atoms with Crippen molar-refractivity contribution in [2.24, 2.45) is 17.8 Å². The van der Waals surface area contributed by atoms with E-state index in [2.05, 4.69) is 13.8 Å². The fourth-order valence-corrected chi connectivity index (χ4v) is 3.07. The summed E-state index contributed by atoms with van der Waals surface area (Å²) < 4.78 is 18.6. The molecule has 110 valence electrons. The van der Waals surface area contributed by atoms with E-state index in [4.69, 9.17) is 4.74 Å². The van der Waals surface area contributed by atoms with Gasteiger partial charge in [0.25, 0.3) is 0 Å². The third-order valence-corrected chi connectivity index (χ3v) is 4.45. The molecule has 1 aliphatic rings. The van der Waals surface area contributed by atoms with Gasteiger partial charge in [-0.1, -0.05) is 19.9 Å². The van der Waals surface area contributed by atoms with E-state index in [0.29, 0.717) is 30.5 Å². The topological polar surface area (TPSA) is 26.3 Å². The zero-order chi connectivity index (χ0) is 14.7. The van der Waals surface area contributed by atoms with Crippen LogP contribution in [0.15, 0.2) is 18.2 Å². The normalized spacial score (nSPS) is 23.1. The number of rotatable bonds is 4. The second kappa shape index (κ2) is 6.38. The zero-order valence-electron chi connectivity index (χ0n) is 12.5. The van der Waals surface area contributed by atoms with Crippen molar-refractivity contribution in [2.75, 3.05) is 7.11 Å². The van der Waals surface area contributed by atoms with Crippen LogP contribution in [0.4, 0.5) is 4.39 Å². The van der Waals surface area contributed by atoms with E-state index >= 15 is 0 Å². The Morgan fingerprint density at radius 3 is 2.75 bits per heavy atom. The first-order valence-electron chi connectivity index (χ1n) is 7.36. The van der Waals surface area contributed by atoms with Crippen molar-refractivity contribution >= 4 is 5.78 Å². The lowest BCUT2D eigenvalue weighted by molar-refractivity contribution is -0.125. The third kappa shape index (κ3) is 3.38. The van der Waals surface area contributed by atoms with Crippen LogP contribution >= 0.6 is 0 Å². The second-order valence-corrected chi connectivity index (χ2v) is 6.11. The first-order chi connectivity index (χ1) is 9.51. The number of carbonyl (C=O) groups is 1.